The van der Waals surface area contributed by atoms with Crippen LogP contribution in [-0.4, -0.2) is 41.5 Å². The number of carbonyl (C=O) groups is 2. The first-order valence-electron chi connectivity index (χ1n) is 6.82. The van der Waals surface area contributed by atoms with Gasteiger partial charge in [-0.05, 0) is 11.5 Å². The van der Waals surface area contributed by atoms with Crippen LogP contribution in [0.3, 0.4) is 0 Å². The summed E-state index contributed by atoms with van der Waals surface area (Å²) in [5.41, 5.74) is 1.05. The quantitative estimate of drug-likeness (QED) is 0.840. The Kier molecular flexibility index (Phi) is 4.74. The Hall–Kier alpha value is -1.88. The smallest absolute Gasteiger partial charge is 0.308 e. The predicted octanol–water partition coefficient (Wildman–Crippen LogP) is 0.955. The molecule has 2 atom stereocenters. The van der Waals surface area contributed by atoms with Crippen LogP contribution in [0.5, 0.6) is 0 Å². The third kappa shape index (κ3) is 3.81. The summed E-state index contributed by atoms with van der Waals surface area (Å²) in [5.74, 6) is -1.11. The molecule has 108 valence electrons. The first kappa shape index (κ1) is 14.5. The average Bonchev–Trinajstić information content (AvgIpc) is 2.78. The van der Waals surface area contributed by atoms with Gasteiger partial charge in [-0.1, -0.05) is 37.3 Å². The van der Waals surface area contributed by atoms with E-state index in [1.54, 1.807) is 0 Å². The topological polar surface area (TPSA) is 69.6 Å². The Morgan fingerprint density at radius 1 is 1.30 bits per heavy atom. The van der Waals surface area contributed by atoms with Gasteiger partial charge >= 0.3 is 5.97 Å². The van der Waals surface area contributed by atoms with E-state index in [1.165, 1.54) is 0 Å². The lowest BCUT2D eigenvalue weighted by atomic mass is 9.99. The van der Waals surface area contributed by atoms with Gasteiger partial charge in [0.25, 0.3) is 0 Å². The predicted molar refractivity (Wildman–Crippen MR) is 75.0 cm³/mol. The van der Waals surface area contributed by atoms with Gasteiger partial charge in [0.2, 0.25) is 5.91 Å². The summed E-state index contributed by atoms with van der Waals surface area (Å²) in [6.07, 6.45) is 0. The monoisotopic (exact) mass is 276 g/mol. The highest BCUT2D eigenvalue weighted by Gasteiger charge is 2.35. The average molecular weight is 276 g/mol. The van der Waals surface area contributed by atoms with Gasteiger partial charge in [-0.25, -0.2) is 0 Å². The summed E-state index contributed by atoms with van der Waals surface area (Å²) in [6, 6.07) is 9.71. The lowest BCUT2D eigenvalue weighted by molar-refractivity contribution is -0.142. The van der Waals surface area contributed by atoms with Crippen LogP contribution >= 0.6 is 0 Å². The van der Waals surface area contributed by atoms with Gasteiger partial charge in [0.1, 0.15) is 0 Å². The molecule has 1 amide bonds. The minimum absolute atomic E-state index is 0.0629. The lowest BCUT2D eigenvalue weighted by Gasteiger charge is -2.14. The van der Waals surface area contributed by atoms with E-state index >= 15 is 0 Å². The number of benzene rings is 1. The fraction of sp³-hybridized carbons (Fsp3) is 0.467. The number of nitrogens with one attached hydrogen (secondary N) is 1. The Morgan fingerprint density at radius 2 is 2.00 bits per heavy atom. The summed E-state index contributed by atoms with van der Waals surface area (Å²) >= 11 is 0. The van der Waals surface area contributed by atoms with Crippen LogP contribution in [0.15, 0.2) is 30.3 Å². The molecule has 2 N–H and O–H groups in total. The van der Waals surface area contributed by atoms with Crippen LogP contribution < -0.4 is 5.32 Å². The molecule has 20 heavy (non-hydrogen) atoms. The summed E-state index contributed by atoms with van der Waals surface area (Å²) < 4.78 is 0. The number of aliphatic carboxylic acids is 1. The van der Waals surface area contributed by atoms with E-state index in [2.05, 4.69) is 5.32 Å². The molecule has 0 radical (unpaired) electrons. The van der Waals surface area contributed by atoms with Crippen molar-refractivity contribution in [2.75, 3.05) is 19.6 Å². The SMILES string of the molecule is C[C@@H]1CN(CC(=O)NCc2ccccc2)C[C@H]1C(=O)O. The highest BCUT2D eigenvalue weighted by molar-refractivity contribution is 5.78. The molecule has 1 heterocycles. The molecule has 1 aliphatic rings. The van der Waals surface area contributed by atoms with Gasteiger partial charge in [0, 0.05) is 19.6 Å². The number of carboxylic acid groups (broad SMARTS) is 1. The molecule has 0 spiro atoms. The van der Waals surface area contributed by atoms with Gasteiger partial charge in [-0.3, -0.25) is 14.5 Å². The summed E-state index contributed by atoms with van der Waals surface area (Å²) in [4.78, 5) is 24.8. The van der Waals surface area contributed by atoms with Crippen molar-refractivity contribution in [2.24, 2.45) is 11.8 Å². The van der Waals surface area contributed by atoms with Crippen molar-refractivity contribution < 1.29 is 14.7 Å². The maximum absolute atomic E-state index is 11.9. The molecule has 0 bridgehead atoms. The second-order valence-corrected chi connectivity index (χ2v) is 5.38. The minimum Gasteiger partial charge on any atom is -0.481 e. The van der Waals surface area contributed by atoms with Crippen LogP contribution in [0.4, 0.5) is 0 Å². The fourth-order valence-corrected chi connectivity index (χ4v) is 2.57. The van der Waals surface area contributed by atoms with Gasteiger partial charge in [0.15, 0.2) is 0 Å². The highest BCUT2D eigenvalue weighted by Crippen LogP contribution is 2.22. The van der Waals surface area contributed by atoms with Crippen molar-refractivity contribution >= 4 is 11.9 Å². The van der Waals surface area contributed by atoms with Crippen LogP contribution in [0, 0.1) is 11.8 Å². The molecule has 0 aromatic heterocycles. The molecule has 1 aromatic carbocycles. The third-order valence-corrected chi connectivity index (χ3v) is 3.70. The minimum atomic E-state index is -0.773. The molecule has 0 unspecified atom stereocenters. The largest absolute Gasteiger partial charge is 0.481 e. The van der Waals surface area contributed by atoms with E-state index < -0.39 is 5.97 Å². The van der Waals surface area contributed by atoms with Crippen molar-refractivity contribution in [3.8, 4) is 0 Å². The Labute approximate surface area is 118 Å². The first-order valence-corrected chi connectivity index (χ1v) is 6.82. The molecule has 1 aliphatic heterocycles. The first-order chi connectivity index (χ1) is 9.56. The van der Waals surface area contributed by atoms with Gasteiger partial charge in [-0.2, -0.15) is 0 Å². The summed E-state index contributed by atoms with van der Waals surface area (Å²) in [7, 11) is 0. The van der Waals surface area contributed by atoms with E-state index in [0.29, 0.717) is 19.6 Å². The number of carbonyl (C=O) groups excluding carboxylic acids is 1. The zero-order valence-electron chi connectivity index (χ0n) is 11.6. The standard InChI is InChI=1S/C15H20N2O3/c1-11-8-17(9-13(11)15(19)20)10-14(18)16-7-12-5-3-2-4-6-12/h2-6,11,13H,7-10H2,1H3,(H,16,18)(H,19,20)/t11-,13-/m1/s1. The maximum Gasteiger partial charge on any atom is 0.308 e. The van der Waals surface area contributed by atoms with E-state index in [1.807, 2.05) is 42.2 Å². The van der Waals surface area contributed by atoms with Crippen LogP contribution in [-0.2, 0) is 16.1 Å². The van der Waals surface area contributed by atoms with Crippen LogP contribution in [0.25, 0.3) is 0 Å². The molecule has 5 nitrogen and oxygen atoms in total. The zero-order valence-corrected chi connectivity index (χ0v) is 11.6. The fourth-order valence-electron chi connectivity index (χ4n) is 2.57. The molecular weight excluding hydrogens is 256 g/mol. The number of amides is 1. The molecule has 1 fully saturated rings. The lowest BCUT2D eigenvalue weighted by Crippen LogP contribution is -2.36. The summed E-state index contributed by atoms with van der Waals surface area (Å²) in [5, 5.41) is 11.9. The number of nitrogens with zero attached hydrogens (tertiary/aromatic N) is 1. The van der Waals surface area contributed by atoms with Crippen molar-refractivity contribution in [1.82, 2.24) is 10.2 Å². The van der Waals surface area contributed by atoms with Crippen molar-refractivity contribution in [3.05, 3.63) is 35.9 Å². The number of hydrogen-bond donors (Lipinski definition) is 2. The van der Waals surface area contributed by atoms with Crippen molar-refractivity contribution in [2.45, 2.75) is 13.5 Å². The molecule has 1 aromatic rings. The second kappa shape index (κ2) is 6.52. The summed E-state index contributed by atoms with van der Waals surface area (Å²) in [6.45, 7) is 3.80. The van der Waals surface area contributed by atoms with Crippen molar-refractivity contribution in [3.63, 3.8) is 0 Å². The number of carboxylic acids is 1. The third-order valence-electron chi connectivity index (χ3n) is 3.70. The van der Waals surface area contributed by atoms with Crippen molar-refractivity contribution in [1.29, 1.82) is 0 Å². The molecule has 2 rings (SSSR count). The molecule has 0 saturated carbocycles. The molecule has 0 aliphatic carbocycles. The van der Waals surface area contributed by atoms with E-state index in [9.17, 15) is 9.59 Å². The number of likely N-dealkylation sites (tertiary alicyclic amines) is 1. The zero-order chi connectivity index (χ0) is 14.5. The molecule has 5 heteroatoms. The van der Waals surface area contributed by atoms with E-state index in [-0.39, 0.29) is 24.3 Å². The Bertz CT molecular complexity index is 475. The number of rotatable bonds is 5. The molecule has 1 saturated heterocycles. The highest BCUT2D eigenvalue weighted by atomic mass is 16.4. The van der Waals surface area contributed by atoms with Crippen LogP contribution in [0.1, 0.15) is 12.5 Å². The van der Waals surface area contributed by atoms with Crippen LogP contribution in [0.2, 0.25) is 0 Å². The van der Waals surface area contributed by atoms with E-state index in [4.69, 9.17) is 5.11 Å². The Morgan fingerprint density at radius 3 is 2.60 bits per heavy atom. The van der Waals surface area contributed by atoms with Gasteiger partial charge in [-0.15, -0.1) is 0 Å². The van der Waals surface area contributed by atoms with E-state index in [0.717, 1.165) is 5.56 Å². The normalized spacial score (nSPS) is 22.6. The Balaban J connectivity index is 1.77. The number of hydrogen-bond acceptors (Lipinski definition) is 3. The maximum atomic E-state index is 11.9. The second-order valence-electron chi connectivity index (χ2n) is 5.38. The van der Waals surface area contributed by atoms with Gasteiger partial charge < -0.3 is 10.4 Å². The van der Waals surface area contributed by atoms with Gasteiger partial charge in [0.05, 0.1) is 12.5 Å². The molecular formula is C15H20N2O3.